The van der Waals surface area contributed by atoms with E-state index in [0.717, 1.165) is 0 Å². The predicted octanol–water partition coefficient (Wildman–Crippen LogP) is 4.24. The molecule has 0 radical (unpaired) electrons. The number of carboxylic acids is 1. The second-order valence-corrected chi connectivity index (χ2v) is 7.68. The van der Waals surface area contributed by atoms with Gasteiger partial charge >= 0.3 is 12.0 Å². The molecule has 1 aliphatic rings. The minimum atomic E-state index is -1.36. The maximum absolute atomic E-state index is 12.8. The molecule has 0 aliphatic carbocycles. The summed E-state index contributed by atoms with van der Waals surface area (Å²) in [7, 11) is 0. The molecular formula is C22H15Cl2N3O5. The molecule has 3 heterocycles. The normalized spacial score (nSPS) is 15.8. The fourth-order valence-corrected chi connectivity index (χ4v) is 3.75. The molecule has 8 nitrogen and oxygen atoms in total. The molecule has 0 bridgehead atoms. The van der Waals surface area contributed by atoms with Gasteiger partial charge in [-0.15, -0.1) is 0 Å². The van der Waals surface area contributed by atoms with Crippen molar-refractivity contribution in [2.24, 2.45) is 0 Å². The molecule has 4 rings (SSSR count). The molecule has 2 aromatic heterocycles. The number of benzene rings is 1. The zero-order valence-corrected chi connectivity index (χ0v) is 17.8. The number of hydrogen-bond acceptors (Lipinski definition) is 5. The van der Waals surface area contributed by atoms with Crippen molar-refractivity contribution in [3.63, 3.8) is 0 Å². The number of aliphatic carboxylic acids is 1. The van der Waals surface area contributed by atoms with E-state index in [1.807, 2.05) is 0 Å². The van der Waals surface area contributed by atoms with E-state index in [0.29, 0.717) is 21.8 Å². The van der Waals surface area contributed by atoms with Gasteiger partial charge < -0.3 is 14.8 Å². The molecule has 1 atom stereocenters. The predicted molar refractivity (Wildman–Crippen MR) is 117 cm³/mol. The highest BCUT2D eigenvalue weighted by Crippen LogP contribution is 2.28. The maximum atomic E-state index is 12.8. The van der Waals surface area contributed by atoms with E-state index in [1.54, 1.807) is 54.6 Å². The third-order valence-corrected chi connectivity index (χ3v) is 5.13. The number of nitrogens with zero attached hydrogens (tertiary/aromatic N) is 2. The molecule has 1 aliphatic heterocycles. The number of carbonyl (C=O) groups excluding carboxylic acids is 2. The highest BCUT2D eigenvalue weighted by molar-refractivity contribution is 6.32. The molecule has 10 heteroatoms. The summed E-state index contributed by atoms with van der Waals surface area (Å²) in [5, 5.41) is 12.4. The van der Waals surface area contributed by atoms with E-state index in [9.17, 15) is 19.5 Å². The van der Waals surface area contributed by atoms with E-state index >= 15 is 0 Å². The number of carboxylic acid groups (broad SMARTS) is 1. The topological polar surface area (TPSA) is 113 Å². The van der Waals surface area contributed by atoms with E-state index in [-0.39, 0.29) is 28.2 Å². The minimum Gasteiger partial charge on any atom is -0.480 e. The van der Waals surface area contributed by atoms with Crippen LogP contribution in [0.2, 0.25) is 10.3 Å². The number of pyridine rings is 1. The summed E-state index contributed by atoms with van der Waals surface area (Å²) >= 11 is 11.8. The van der Waals surface area contributed by atoms with E-state index in [2.05, 4.69) is 10.3 Å². The average Bonchev–Trinajstić information content (AvgIpc) is 3.31. The second kappa shape index (κ2) is 8.86. The van der Waals surface area contributed by atoms with Gasteiger partial charge in [-0.2, -0.15) is 0 Å². The largest absolute Gasteiger partial charge is 0.480 e. The van der Waals surface area contributed by atoms with Gasteiger partial charge in [0.2, 0.25) is 0 Å². The first kappa shape index (κ1) is 21.6. The van der Waals surface area contributed by atoms with Crippen molar-refractivity contribution in [3.8, 4) is 11.3 Å². The highest BCUT2D eigenvalue weighted by atomic mass is 35.5. The van der Waals surface area contributed by atoms with Gasteiger partial charge in [0.1, 0.15) is 33.6 Å². The van der Waals surface area contributed by atoms with Crippen molar-refractivity contribution in [3.05, 3.63) is 81.9 Å². The van der Waals surface area contributed by atoms with Gasteiger partial charge in [-0.1, -0.05) is 53.5 Å². The van der Waals surface area contributed by atoms with Crippen LogP contribution in [0, 0.1) is 0 Å². The summed E-state index contributed by atoms with van der Waals surface area (Å²) in [6.45, 7) is 0. The summed E-state index contributed by atoms with van der Waals surface area (Å²) < 4.78 is 5.70. The monoisotopic (exact) mass is 471 g/mol. The Balaban J connectivity index is 1.58. The van der Waals surface area contributed by atoms with Crippen molar-refractivity contribution in [1.29, 1.82) is 0 Å². The van der Waals surface area contributed by atoms with Crippen LogP contribution in [0.5, 0.6) is 0 Å². The Morgan fingerprint density at radius 1 is 1.12 bits per heavy atom. The fourth-order valence-electron chi connectivity index (χ4n) is 3.29. The van der Waals surface area contributed by atoms with E-state index < -0.39 is 23.9 Å². The number of urea groups is 1. The molecule has 32 heavy (non-hydrogen) atoms. The number of furan rings is 1. The van der Waals surface area contributed by atoms with Crippen LogP contribution in [-0.2, 0) is 16.0 Å². The Morgan fingerprint density at radius 2 is 1.81 bits per heavy atom. The van der Waals surface area contributed by atoms with Crippen LogP contribution in [0.3, 0.4) is 0 Å². The lowest BCUT2D eigenvalue weighted by molar-refractivity contribution is -0.145. The third kappa shape index (κ3) is 4.51. The molecule has 162 valence electrons. The van der Waals surface area contributed by atoms with Crippen molar-refractivity contribution in [1.82, 2.24) is 15.2 Å². The first-order chi connectivity index (χ1) is 15.3. The molecule has 1 fully saturated rings. The Morgan fingerprint density at radius 3 is 2.47 bits per heavy atom. The number of imide groups is 1. The molecular weight excluding hydrogens is 457 g/mol. The molecule has 3 amide bonds. The average molecular weight is 472 g/mol. The lowest BCUT2D eigenvalue weighted by Crippen LogP contribution is -2.46. The number of amides is 3. The molecule has 2 N–H and O–H groups in total. The van der Waals surface area contributed by atoms with Crippen LogP contribution in [-0.4, -0.2) is 38.9 Å². The van der Waals surface area contributed by atoms with Crippen LogP contribution in [0.4, 0.5) is 4.79 Å². The first-order valence-electron chi connectivity index (χ1n) is 9.38. The smallest absolute Gasteiger partial charge is 0.329 e. The van der Waals surface area contributed by atoms with Gasteiger partial charge in [-0.3, -0.25) is 4.79 Å². The highest BCUT2D eigenvalue weighted by Gasteiger charge is 2.42. The van der Waals surface area contributed by atoms with Crippen molar-refractivity contribution in [2.75, 3.05) is 0 Å². The van der Waals surface area contributed by atoms with Gasteiger partial charge in [0, 0.05) is 18.1 Å². The maximum Gasteiger partial charge on any atom is 0.329 e. The summed E-state index contributed by atoms with van der Waals surface area (Å²) in [5.41, 5.74) is 1.17. The molecule has 1 saturated heterocycles. The van der Waals surface area contributed by atoms with Gasteiger partial charge in [0.05, 0.1) is 0 Å². The summed E-state index contributed by atoms with van der Waals surface area (Å²) in [6, 6.07) is 12.9. The fraction of sp³-hybridized carbons (Fsp3) is 0.0909. The molecule has 0 saturated carbocycles. The first-order valence-corrected chi connectivity index (χ1v) is 10.1. The summed E-state index contributed by atoms with van der Waals surface area (Å²) in [4.78, 5) is 41.7. The number of hydrogen-bond donors (Lipinski definition) is 2. The standard InChI is InChI=1S/C22H15Cl2N3O5/c23-18-9-13(10-19(24)26-18)17-7-6-14(32-17)11-15-20(28)27(22(31)25-15)16(21(29)30)8-12-4-2-1-3-5-12/h1-7,9-11,16H,8H2,(H,25,31)(H,29,30)/b15-11+. The van der Waals surface area contributed by atoms with Crippen LogP contribution in [0.1, 0.15) is 11.3 Å². The minimum absolute atomic E-state index is 0.0168. The lowest BCUT2D eigenvalue weighted by atomic mass is 10.0. The van der Waals surface area contributed by atoms with Crippen LogP contribution in [0.15, 0.2) is 64.7 Å². The molecule has 0 spiro atoms. The van der Waals surface area contributed by atoms with Crippen LogP contribution < -0.4 is 5.32 Å². The molecule has 1 aromatic carbocycles. The van der Waals surface area contributed by atoms with Gasteiger partial charge in [0.25, 0.3) is 5.91 Å². The SMILES string of the molecule is O=C(O)C(Cc1ccccc1)N1C(=O)N/C(=C/c2ccc(-c3cc(Cl)nc(Cl)c3)o2)C1=O. The van der Waals surface area contributed by atoms with E-state index in [1.165, 1.54) is 6.08 Å². The Kier molecular flexibility index (Phi) is 5.98. The number of halogens is 2. The summed E-state index contributed by atoms with van der Waals surface area (Å²) in [6.07, 6.45) is 1.31. The Bertz CT molecular complexity index is 1220. The Hall–Kier alpha value is -3.62. The number of rotatable bonds is 6. The Labute approximate surface area is 192 Å². The van der Waals surface area contributed by atoms with E-state index in [4.69, 9.17) is 27.6 Å². The summed E-state index contributed by atoms with van der Waals surface area (Å²) in [5.74, 6) is -1.36. The lowest BCUT2D eigenvalue weighted by Gasteiger charge is -2.21. The molecule has 1 unspecified atom stereocenters. The molecule has 3 aromatic rings. The van der Waals surface area contributed by atoms with Crippen molar-refractivity contribution < 1.29 is 23.9 Å². The third-order valence-electron chi connectivity index (χ3n) is 4.74. The van der Waals surface area contributed by atoms with Gasteiger partial charge in [0.15, 0.2) is 0 Å². The van der Waals surface area contributed by atoms with Crippen LogP contribution in [0.25, 0.3) is 17.4 Å². The van der Waals surface area contributed by atoms with Gasteiger partial charge in [-0.25, -0.2) is 19.5 Å². The van der Waals surface area contributed by atoms with Crippen molar-refractivity contribution in [2.45, 2.75) is 12.5 Å². The number of aromatic nitrogens is 1. The zero-order chi connectivity index (χ0) is 22.8. The second-order valence-electron chi connectivity index (χ2n) is 6.91. The van der Waals surface area contributed by atoms with Crippen LogP contribution >= 0.6 is 23.2 Å². The van der Waals surface area contributed by atoms with Gasteiger partial charge in [-0.05, 0) is 29.8 Å². The number of nitrogens with one attached hydrogen (secondary N) is 1. The zero-order valence-electron chi connectivity index (χ0n) is 16.3. The number of carbonyl (C=O) groups is 3. The van der Waals surface area contributed by atoms with Crippen molar-refractivity contribution >= 4 is 47.2 Å². The quantitative estimate of drug-likeness (QED) is 0.315.